The molecule has 8 nitrogen and oxygen atoms in total. The lowest BCUT2D eigenvalue weighted by atomic mass is 9.97. The second-order valence-electron chi connectivity index (χ2n) is 9.51. The number of aliphatic hydroxyl groups is 1. The van der Waals surface area contributed by atoms with Crippen LogP contribution in [0.15, 0.2) is 53.5 Å². The minimum atomic E-state index is -0.945. The van der Waals surface area contributed by atoms with Gasteiger partial charge in [0.25, 0.3) is 0 Å². The third-order valence-electron chi connectivity index (χ3n) is 7.25. The molecule has 2 aliphatic heterocycles. The number of aryl methyl sites for hydroxylation is 1. The van der Waals surface area contributed by atoms with Gasteiger partial charge in [0, 0.05) is 34.8 Å². The molecule has 0 aliphatic carbocycles. The number of nitrogens with zero attached hydrogens (tertiary/aromatic N) is 5. The van der Waals surface area contributed by atoms with Crippen molar-refractivity contribution >= 4 is 28.7 Å². The molecular weight excluding hydrogens is 486 g/mol. The van der Waals surface area contributed by atoms with Gasteiger partial charge in [-0.3, -0.25) is 14.4 Å². The number of aliphatic hydroxyl groups excluding tert-OH is 1. The highest BCUT2D eigenvalue weighted by Gasteiger charge is 2.32. The van der Waals surface area contributed by atoms with Crippen molar-refractivity contribution in [1.29, 1.82) is 0 Å². The van der Waals surface area contributed by atoms with Crippen molar-refractivity contribution in [3.05, 3.63) is 92.9 Å². The van der Waals surface area contributed by atoms with E-state index in [9.17, 15) is 15.0 Å². The van der Waals surface area contributed by atoms with E-state index in [0.29, 0.717) is 11.6 Å². The molecule has 0 spiro atoms. The number of hydrogen-bond acceptors (Lipinski definition) is 7. The first-order valence-electron chi connectivity index (χ1n) is 12.3. The van der Waals surface area contributed by atoms with E-state index < -0.39 is 12.0 Å². The van der Waals surface area contributed by atoms with Gasteiger partial charge in [-0.15, -0.1) is 21.5 Å². The molecule has 0 saturated carbocycles. The van der Waals surface area contributed by atoms with Crippen LogP contribution in [0.2, 0.25) is 0 Å². The molecule has 2 aromatic carbocycles. The van der Waals surface area contributed by atoms with E-state index in [0.717, 1.165) is 57.5 Å². The van der Waals surface area contributed by atoms with Gasteiger partial charge < -0.3 is 15.1 Å². The minimum absolute atomic E-state index is 0.0821. The molecule has 37 heavy (non-hydrogen) atoms. The van der Waals surface area contributed by atoms with E-state index in [2.05, 4.69) is 63.6 Å². The van der Waals surface area contributed by atoms with Crippen LogP contribution in [-0.4, -0.2) is 43.2 Å². The van der Waals surface area contributed by atoms with Crippen LogP contribution in [0.25, 0.3) is 5.00 Å². The Morgan fingerprint density at radius 3 is 2.57 bits per heavy atom. The Hall–Kier alpha value is -3.82. The molecule has 0 unspecified atom stereocenters. The number of hydrogen-bond donors (Lipinski definition) is 2. The van der Waals surface area contributed by atoms with Crippen LogP contribution in [0.3, 0.4) is 0 Å². The van der Waals surface area contributed by atoms with Gasteiger partial charge in [0.1, 0.15) is 16.9 Å². The molecule has 0 radical (unpaired) electrons. The summed E-state index contributed by atoms with van der Waals surface area (Å²) in [5, 5.41) is 29.1. The number of aromatic nitrogens is 3. The molecule has 0 fully saturated rings. The van der Waals surface area contributed by atoms with Gasteiger partial charge in [-0.1, -0.05) is 36.4 Å². The highest BCUT2D eigenvalue weighted by molar-refractivity contribution is 7.15. The monoisotopic (exact) mass is 513 g/mol. The summed E-state index contributed by atoms with van der Waals surface area (Å²) < 4.78 is 1.90. The number of aliphatic imine (C=N–C) groups is 1. The number of benzene rings is 2. The van der Waals surface area contributed by atoms with Gasteiger partial charge in [0.15, 0.2) is 5.82 Å². The Morgan fingerprint density at radius 2 is 1.84 bits per heavy atom. The predicted molar refractivity (Wildman–Crippen MR) is 143 cm³/mol. The van der Waals surface area contributed by atoms with E-state index >= 15 is 0 Å². The summed E-state index contributed by atoms with van der Waals surface area (Å²) in [5.41, 5.74) is 7.36. The number of rotatable bonds is 5. The van der Waals surface area contributed by atoms with Crippen LogP contribution in [0.4, 0.5) is 5.69 Å². The molecule has 2 aromatic heterocycles. The van der Waals surface area contributed by atoms with Gasteiger partial charge in [0.2, 0.25) is 0 Å². The van der Waals surface area contributed by atoms with Gasteiger partial charge in [-0.25, -0.2) is 0 Å². The number of thiophene rings is 1. The lowest BCUT2D eigenvalue weighted by Gasteiger charge is -2.30. The topological polar surface area (TPSA) is 104 Å². The second kappa shape index (κ2) is 9.24. The Morgan fingerprint density at radius 1 is 1.08 bits per heavy atom. The fraction of sp³-hybridized carbons (Fsp3) is 0.286. The normalized spacial score (nSPS) is 16.5. The van der Waals surface area contributed by atoms with Crippen LogP contribution >= 0.6 is 11.3 Å². The molecule has 188 valence electrons. The second-order valence-corrected chi connectivity index (χ2v) is 10.6. The zero-order chi connectivity index (χ0) is 25.7. The summed E-state index contributed by atoms with van der Waals surface area (Å²) in [5.74, 6) is 0.221. The molecular formula is C28H27N5O3S. The van der Waals surface area contributed by atoms with Crippen LogP contribution in [0, 0.1) is 13.8 Å². The van der Waals surface area contributed by atoms with Crippen molar-refractivity contribution in [3.8, 4) is 5.00 Å². The molecule has 0 bridgehead atoms. The quantitative estimate of drug-likeness (QED) is 0.411. The van der Waals surface area contributed by atoms with Crippen LogP contribution in [0.5, 0.6) is 0 Å². The minimum Gasteiger partial charge on any atom is -0.481 e. The first-order chi connectivity index (χ1) is 17.9. The van der Waals surface area contributed by atoms with E-state index in [1.807, 2.05) is 18.4 Å². The van der Waals surface area contributed by atoms with Crippen LogP contribution in [-0.2, 0) is 24.4 Å². The number of carboxylic acid groups (broad SMARTS) is 1. The average Bonchev–Trinajstić information content (AvgIpc) is 3.40. The van der Waals surface area contributed by atoms with E-state index in [1.165, 1.54) is 22.5 Å². The molecule has 0 amide bonds. The molecule has 0 saturated heterocycles. The zero-order valence-electron chi connectivity index (χ0n) is 20.7. The van der Waals surface area contributed by atoms with Crippen LogP contribution < -0.4 is 4.90 Å². The largest absolute Gasteiger partial charge is 0.481 e. The van der Waals surface area contributed by atoms with Gasteiger partial charge >= 0.3 is 5.97 Å². The fourth-order valence-electron chi connectivity index (χ4n) is 5.32. The molecule has 2 aliphatic rings. The van der Waals surface area contributed by atoms with E-state index in [-0.39, 0.29) is 13.0 Å². The van der Waals surface area contributed by atoms with Crippen molar-refractivity contribution < 1.29 is 15.0 Å². The number of fused-ring (bicyclic) bond motifs is 4. The van der Waals surface area contributed by atoms with Gasteiger partial charge in [-0.2, -0.15) is 0 Å². The average molecular weight is 514 g/mol. The van der Waals surface area contributed by atoms with E-state index in [1.54, 1.807) is 0 Å². The number of carbonyl (C=O) groups is 1. The van der Waals surface area contributed by atoms with Crippen molar-refractivity contribution in [2.45, 2.75) is 45.9 Å². The molecule has 1 atom stereocenters. The maximum Gasteiger partial charge on any atom is 0.306 e. The van der Waals surface area contributed by atoms with Crippen molar-refractivity contribution in [1.82, 2.24) is 14.8 Å². The summed E-state index contributed by atoms with van der Waals surface area (Å²) in [4.78, 5) is 20.0. The highest BCUT2D eigenvalue weighted by Crippen LogP contribution is 2.40. The van der Waals surface area contributed by atoms with Crippen LogP contribution in [0.1, 0.15) is 56.8 Å². The van der Waals surface area contributed by atoms with Gasteiger partial charge in [-0.05, 0) is 49.1 Å². The fourth-order valence-corrected chi connectivity index (χ4v) is 6.54. The lowest BCUT2D eigenvalue weighted by molar-refractivity contribution is -0.137. The third kappa shape index (κ3) is 4.04. The third-order valence-corrected chi connectivity index (χ3v) is 8.51. The Balaban J connectivity index is 1.43. The van der Waals surface area contributed by atoms with Crippen molar-refractivity contribution in [2.24, 2.45) is 4.99 Å². The maximum absolute atomic E-state index is 11.8. The predicted octanol–water partition coefficient (Wildman–Crippen LogP) is 4.37. The zero-order valence-corrected chi connectivity index (χ0v) is 21.5. The Bertz CT molecular complexity index is 1540. The van der Waals surface area contributed by atoms with Gasteiger partial charge in [0.05, 0.1) is 18.7 Å². The maximum atomic E-state index is 11.8. The molecule has 6 rings (SSSR count). The lowest BCUT2D eigenvalue weighted by Crippen LogP contribution is -2.30. The summed E-state index contributed by atoms with van der Waals surface area (Å²) in [6.45, 7) is 5.58. The Kier molecular flexibility index (Phi) is 5.89. The van der Waals surface area contributed by atoms with Crippen molar-refractivity contribution in [2.75, 3.05) is 11.4 Å². The summed E-state index contributed by atoms with van der Waals surface area (Å²) in [6.07, 6.45) is 0.829. The summed E-state index contributed by atoms with van der Waals surface area (Å²) in [7, 11) is 0. The Labute approximate surface area is 218 Å². The summed E-state index contributed by atoms with van der Waals surface area (Å²) >= 11 is 1.47. The first kappa shape index (κ1) is 23.6. The standard InChI is InChI=1S/C28H27N5O3S/c1-16-23(15-34)37-28-25(16)26(29-22(13-24(35)36)27-31-30-17(2)33(27)28)19-7-9-21(10-8-19)32-12-11-18-5-3-4-6-20(18)14-32/h3-10,22,34H,11-15H2,1-2H3,(H,35,36)/t22-/m0/s1. The number of anilines is 1. The molecule has 4 heterocycles. The first-order valence-corrected chi connectivity index (χ1v) is 13.1. The van der Waals surface area contributed by atoms with E-state index in [4.69, 9.17) is 4.99 Å². The molecule has 9 heteroatoms. The number of aliphatic carboxylic acids is 1. The van der Waals surface area contributed by atoms with Crippen molar-refractivity contribution in [3.63, 3.8) is 0 Å². The highest BCUT2D eigenvalue weighted by atomic mass is 32.1. The summed E-state index contributed by atoms with van der Waals surface area (Å²) in [6, 6.07) is 16.3. The molecule has 4 aromatic rings. The smallest absolute Gasteiger partial charge is 0.306 e. The number of carboxylic acids is 1. The molecule has 2 N–H and O–H groups in total. The SMILES string of the molecule is Cc1c(CO)sc2c1C(c1ccc(N3CCc4ccccc4C3)cc1)=N[C@@H](CC(=O)O)c1nnc(C)n1-2.